The fraction of sp³-hybridized carbons (Fsp3) is 0.294. The highest BCUT2D eigenvalue weighted by Gasteiger charge is 2.36. The lowest BCUT2D eigenvalue weighted by Gasteiger charge is -2.18. The molecule has 0 saturated heterocycles. The van der Waals surface area contributed by atoms with Gasteiger partial charge in [0, 0.05) is 0 Å². The summed E-state index contributed by atoms with van der Waals surface area (Å²) >= 11 is -0.0703. The van der Waals surface area contributed by atoms with E-state index in [0.717, 1.165) is 24.3 Å². The third-order valence-corrected chi connectivity index (χ3v) is 11.1. The van der Waals surface area contributed by atoms with E-state index in [1.807, 2.05) is 0 Å². The highest BCUT2D eigenvalue weighted by Crippen LogP contribution is 2.34. The zero-order valence-electron chi connectivity index (χ0n) is 27.6. The van der Waals surface area contributed by atoms with Gasteiger partial charge in [-0.1, -0.05) is 90.1 Å². The van der Waals surface area contributed by atoms with Crippen molar-refractivity contribution in [3.8, 4) is 0 Å². The summed E-state index contributed by atoms with van der Waals surface area (Å²) in [4.78, 5) is -2.38. The number of hydrogen-bond acceptors (Lipinski definition) is 5. The number of halogens is 8. The van der Waals surface area contributed by atoms with Crippen molar-refractivity contribution in [2.45, 2.75) is 74.5 Å². The van der Waals surface area contributed by atoms with Gasteiger partial charge in [0.15, 0.2) is 7.14 Å². The first-order valence-corrected chi connectivity index (χ1v) is 19.2. The molecule has 16 heteroatoms. The molecule has 1 N–H and O–H groups in total. The Balaban J connectivity index is 0.000000384. The molecule has 0 radical (unpaired) electrons. The Hall–Kier alpha value is -2.26. The predicted octanol–water partition coefficient (Wildman–Crippen LogP) is 6.59. The molecule has 50 heavy (non-hydrogen) atoms. The van der Waals surface area contributed by atoms with E-state index in [1.54, 1.807) is 0 Å². The molecular weight excluding hydrogens is 936 g/mol. The van der Waals surface area contributed by atoms with Crippen LogP contribution in [-0.2, 0) is 43.4 Å². The van der Waals surface area contributed by atoms with Crippen LogP contribution in [0.25, 0.3) is 0 Å². The lowest BCUT2D eigenvalue weighted by atomic mass is 9.87. The molecule has 0 aliphatic heterocycles. The van der Waals surface area contributed by atoms with E-state index in [9.17, 15) is 47.7 Å². The number of hydrogen-bond donors (Lipinski definition) is 1. The van der Waals surface area contributed by atoms with Crippen LogP contribution in [0.1, 0.15) is 63.8 Å². The average Bonchev–Trinajstić information content (AvgIpc) is 2.96. The van der Waals surface area contributed by atoms with Crippen molar-refractivity contribution in [2.75, 3.05) is 0 Å². The van der Waals surface area contributed by atoms with Gasteiger partial charge >= 0.3 is 33.6 Å². The van der Waals surface area contributed by atoms with Crippen LogP contribution in [0.4, 0.5) is 26.3 Å². The predicted molar refractivity (Wildman–Crippen MR) is 184 cm³/mol. The van der Waals surface area contributed by atoms with E-state index < -0.39 is 53.5 Å². The molecule has 0 unspecified atom stereocenters. The SMILES string of the molecule is CC(C)(C)c1ccc([I+]c2ccc(C(C)(C)C)cc2)cc1.I.O=S(=O)(O)c1ccccc1C(F)(F)F.O=S(=O)([O-])c1ccccc1C(F)(F)F. The highest BCUT2D eigenvalue weighted by molar-refractivity contribution is 14.0. The fourth-order valence-electron chi connectivity index (χ4n) is 4.00. The molecule has 0 fully saturated rings. The first kappa shape index (κ1) is 45.8. The lowest BCUT2D eigenvalue weighted by molar-refractivity contribution is -0.597. The largest absolute Gasteiger partial charge is 0.744 e. The zero-order valence-corrected chi connectivity index (χ0v) is 33.7. The molecule has 0 aliphatic rings. The maximum atomic E-state index is 12.2. The van der Waals surface area contributed by atoms with Gasteiger partial charge < -0.3 is 4.55 Å². The van der Waals surface area contributed by atoms with E-state index in [4.69, 9.17) is 4.55 Å². The molecular formula is C34H36F6I2O6S2. The third kappa shape index (κ3) is 14.4. The van der Waals surface area contributed by atoms with Gasteiger partial charge in [-0.2, -0.15) is 34.8 Å². The summed E-state index contributed by atoms with van der Waals surface area (Å²) in [6.45, 7) is 13.6. The van der Waals surface area contributed by atoms with Crippen LogP contribution in [-0.4, -0.2) is 25.9 Å². The lowest BCUT2D eigenvalue weighted by Crippen LogP contribution is -3.61. The van der Waals surface area contributed by atoms with Crippen LogP contribution in [0, 0.1) is 7.14 Å². The van der Waals surface area contributed by atoms with Gasteiger partial charge in [0.25, 0.3) is 10.1 Å². The van der Waals surface area contributed by atoms with Crippen molar-refractivity contribution in [2.24, 2.45) is 0 Å². The highest BCUT2D eigenvalue weighted by atomic mass is 127. The smallest absolute Gasteiger partial charge is 0.417 e. The third-order valence-electron chi connectivity index (χ3n) is 6.57. The van der Waals surface area contributed by atoms with E-state index >= 15 is 0 Å². The van der Waals surface area contributed by atoms with Crippen molar-refractivity contribution in [3.05, 3.63) is 126 Å². The van der Waals surface area contributed by atoms with Crippen molar-refractivity contribution in [3.63, 3.8) is 0 Å². The average molecular weight is 973 g/mol. The number of alkyl halides is 6. The van der Waals surface area contributed by atoms with Crippen molar-refractivity contribution in [1.82, 2.24) is 0 Å². The van der Waals surface area contributed by atoms with Crippen LogP contribution in [0.3, 0.4) is 0 Å². The number of rotatable bonds is 4. The number of benzene rings is 4. The Bertz CT molecular complexity index is 1770. The normalized spacial score (nSPS) is 12.4. The minimum Gasteiger partial charge on any atom is -0.744 e. The Morgan fingerprint density at radius 3 is 1.08 bits per heavy atom. The first-order chi connectivity index (χ1) is 22.1. The van der Waals surface area contributed by atoms with E-state index in [-0.39, 0.29) is 56.0 Å². The molecule has 0 aromatic heterocycles. The fourth-order valence-corrected chi connectivity index (χ4v) is 7.56. The molecule has 0 saturated carbocycles. The molecule has 0 atom stereocenters. The van der Waals surface area contributed by atoms with Gasteiger partial charge in [-0.05, 0) is 70.5 Å². The minimum absolute atomic E-state index is 0. The summed E-state index contributed by atoms with van der Waals surface area (Å²) < 4.78 is 137. The molecule has 0 aliphatic carbocycles. The molecule has 6 nitrogen and oxygen atoms in total. The van der Waals surface area contributed by atoms with Gasteiger partial charge in [-0.15, -0.1) is 24.0 Å². The molecule has 4 rings (SSSR count). The van der Waals surface area contributed by atoms with Gasteiger partial charge in [0.2, 0.25) is 0 Å². The standard InChI is InChI=1S/C20H26I.2C7H5F3O3S.HI/c1-19(2,3)15-7-11-17(12-8-15)21-18-13-9-16(10-14-18)20(4,5)6;2*8-7(9,10)5-3-1-2-4-6(5)14(11,12)13;/h7-14H,1-6H3;2*1-4H,(H,11,12,13);1H/q+1;;;/p-1. The van der Waals surface area contributed by atoms with Crippen LogP contribution in [0.5, 0.6) is 0 Å². The second-order valence-electron chi connectivity index (χ2n) is 12.5. The van der Waals surface area contributed by atoms with Crippen LogP contribution in [0.2, 0.25) is 0 Å². The summed E-state index contributed by atoms with van der Waals surface area (Å²) in [6, 6.07) is 25.1. The van der Waals surface area contributed by atoms with E-state index in [2.05, 4.69) is 90.1 Å². The Labute approximate surface area is 316 Å². The van der Waals surface area contributed by atoms with Crippen LogP contribution < -0.4 is 21.2 Å². The minimum atomic E-state index is -5.09. The molecule has 276 valence electrons. The maximum Gasteiger partial charge on any atom is 0.417 e. The second kappa shape index (κ2) is 17.5. The van der Waals surface area contributed by atoms with Gasteiger partial charge in [0.1, 0.15) is 15.0 Å². The quantitative estimate of drug-likeness (QED) is 0.141. The molecule has 4 aromatic carbocycles. The van der Waals surface area contributed by atoms with Crippen molar-refractivity contribution >= 4 is 44.2 Å². The maximum absolute atomic E-state index is 12.2. The van der Waals surface area contributed by atoms with E-state index in [1.165, 1.54) is 18.3 Å². The van der Waals surface area contributed by atoms with Gasteiger partial charge in [-0.25, -0.2) is 8.42 Å². The van der Waals surface area contributed by atoms with Crippen LogP contribution in [0.15, 0.2) is 107 Å². The van der Waals surface area contributed by atoms with Gasteiger partial charge in [-0.3, -0.25) is 4.55 Å². The summed E-state index contributed by atoms with van der Waals surface area (Å²) in [6.07, 6.45) is -9.64. The monoisotopic (exact) mass is 972 g/mol. The Kier molecular flexibility index (Phi) is 16.0. The van der Waals surface area contributed by atoms with Crippen molar-refractivity contribution < 1.29 is 73.5 Å². The first-order valence-electron chi connectivity index (χ1n) is 14.2. The zero-order chi connectivity index (χ0) is 37.6. The second-order valence-corrected chi connectivity index (χ2v) is 18.3. The molecule has 0 heterocycles. The molecule has 0 amide bonds. The van der Waals surface area contributed by atoms with Crippen molar-refractivity contribution in [1.29, 1.82) is 0 Å². The molecule has 4 aromatic rings. The Morgan fingerprint density at radius 1 is 0.540 bits per heavy atom. The summed E-state index contributed by atoms with van der Waals surface area (Å²) in [7, 11) is -9.92. The Morgan fingerprint density at radius 2 is 0.840 bits per heavy atom. The van der Waals surface area contributed by atoms with Crippen LogP contribution >= 0.6 is 24.0 Å². The summed E-state index contributed by atoms with van der Waals surface area (Å²) in [5.74, 6) is 0. The van der Waals surface area contributed by atoms with Gasteiger partial charge in [0.05, 0.1) is 16.0 Å². The topological polar surface area (TPSA) is 112 Å². The molecule has 0 spiro atoms. The molecule has 0 bridgehead atoms. The summed E-state index contributed by atoms with van der Waals surface area (Å²) in [5, 5.41) is 0. The van der Waals surface area contributed by atoms with E-state index in [0.29, 0.717) is 24.3 Å². The summed E-state index contributed by atoms with van der Waals surface area (Å²) in [5.41, 5.74) is 0.505.